The van der Waals surface area contributed by atoms with Gasteiger partial charge in [0.1, 0.15) is 6.42 Å². The Balaban J connectivity index is 1.60. The predicted octanol–water partition coefficient (Wildman–Crippen LogP) is 2.20. The molecule has 126 valence electrons. The van der Waals surface area contributed by atoms with Crippen LogP contribution in [-0.4, -0.2) is 18.6 Å². The first-order valence-corrected chi connectivity index (χ1v) is 7.59. The first-order chi connectivity index (χ1) is 12.2. The summed E-state index contributed by atoms with van der Waals surface area (Å²) in [4.78, 5) is 23.7. The number of rotatable bonds is 5. The van der Waals surface area contributed by atoms with Crippen molar-refractivity contribution >= 4 is 17.5 Å². The van der Waals surface area contributed by atoms with E-state index in [-0.39, 0.29) is 25.0 Å². The Morgan fingerprint density at radius 1 is 1.12 bits per heavy atom. The van der Waals surface area contributed by atoms with E-state index in [9.17, 15) is 9.59 Å². The topological polar surface area (TPSA) is 100 Å². The van der Waals surface area contributed by atoms with Crippen LogP contribution in [0.4, 0.5) is 5.69 Å². The van der Waals surface area contributed by atoms with Crippen molar-refractivity contribution in [1.82, 2.24) is 5.32 Å². The highest BCUT2D eigenvalue weighted by molar-refractivity contribution is 5.95. The fourth-order valence-corrected chi connectivity index (χ4v) is 2.36. The van der Waals surface area contributed by atoms with Gasteiger partial charge in [-0.3, -0.25) is 9.59 Å². The van der Waals surface area contributed by atoms with Crippen molar-refractivity contribution in [2.75, 3.05) is 12.1 Å². The van der Waals surface area contributed by atoms with Crippen molar-refractivity contribution in [1.29, 1.82) is 5.26 Å². The average Bonchev–Trinajstić information content (AvgIpc) is 3.08. The molecular weight excluding hydrogens is 322 g/mol. The molecule has 0 saturated carbocycles. The summed E-state index contributed by atoms with van der Waals surface area (Å²) < 4.78 is 10.5. The van der Waals surface area contributed by atoms with E-state index in [0.29, 0.717) is 29.3 Å². The summed E-state index contributed by atoms with van der Waals surface area (Å²) in [6.45, 7) is 0.458. The van der Waals surface area contributed by atoms with Gasteiger partial charge >= 0.3 is 0 Å². The third-order valence-corrected chi connectivity index (χ3v) is 3.54. The number of hydrogen-bond acceptors (Lipinski definition) is 5. The lowest BCUT2D eigenvalue weighted by molar-refractivity contribution is -0.115. The van der Waals surface area contributed by atoms with E-state index in [4.69, 9.17) is 14.7 Å². The molecule has 0 bridgehead atoms. The van der Waals surface area contributed by atoms with Gasteiger partial charge in [-0.15, -0.1) is 0 Å². The molecule has 7 nitrogen and oxygen atoms in total. The summed E-state index contributed by atoms with van der Waals surface area (Å²) in [6.07, 6.45) is -0.203. The van der Waals surface area contributed by atoms with Gasteiger partial charge in [-0.25, -0.2) is 0 Å². The normalized spacial score (nSPS) is 11.5. The molecule has 0 aliphatic carbocycles. The van der Waals surface area contributed by atoms with Gasteiger partial charge in [-0.1, -0.05) is 12.1 Å². The largest absolute Gasteiger partial charge is 0.454 e. The van der Waals surface area contributed by atoms with Gasteiger partial charge in [0.05, 0.1) is 6.07 Å². The van der Waals surface area contributed by atoms with Crippen molar-refractivity contribution in [3.8, 4) is 17.6 Å². The lowest BCUT2D eigenvalue weighted by Gasteiger charge is -2.08. The molecule has 1 aliphatic heterocycles. The molecule has 0 aromatic heterocycles. The zero-order chi connectivity index (χ0) is 17.6. The average molecular weight is 337 g/mol. The second-order valence-corrected chi connectivity index (χ2v) is 5.33. The SMILES string of the molecule is N#CCC(=O)Nc1cccc(CNC(=O)c2ccc3c(c2)OCO3)c1. The Bertz CT molecular complexity index is 858. The van der Waals surface area contributed by atoms with Crippen LogP contribution in [-0.2, 0) is 11.3 Å². The molecule has 1 heterocycles. The minimum Gasteiger partial charge on any atom is -0.454 e. The first kappa shape index (κ1) is 16.3. The van der Waals surface area contributed by atoms with E-state index in [1.807, 2.05) is 6.07 Å². The van der Waals surface area contributed by atoms with E-state index < -0.39 is 0 Å². The van der Waals surface area contributed by atoms with Crippen LogP contribution in [0.15, 0.2) is 42.5 Å². The zero-order valence-corrected chi connectivity index (χ0v) is 13.2. The standard InChI is InChI=1S/C18H15N3O4/c19-7-6-17(22)21-14-3-1-2-12(8-14)10-20-18(23)13-4-5-15-16(9-13)25-11-24-15/h1-5,8-9H,6,10-11H2,(H,20,23)(H,21,22). The van der Waals surface area contributed by atoms with Crippen LogP contribution >= 0.6 is 0 Å². The number of nitrogens with one attached hydrogen (secondary N) is 2. The molecule has 0 radical (unpaired) electrons. The smallest absolute Gasteiger partial charge is 0.251 e. The van der Waals surface area contributed by atoms with E-state index in [1.54, 1.807) is 42.5 Å². The molecule has 25 heavy (non-hydrogen) atoms. The fourth-order valence-electron chi connectivity index (χ4n) is 2.36. The molecule has 1 aliphatic rings. The molecule has 0 spiro atoms. The summed E-state index contributed by atoms with van der Waals surface area (Å²) in [6, 6.07) is 13.9. The molecule has 7 heteroatoms. The lowest BCUT2D eigenvalue weighted by Crippen LogP contribution is -2.22. The second kappa shape index (κ2) is 7.36. The molecule has 2 N–H and O–H groups in total. The molecule has 0 atom stereocenters. The number of hydrogen-bond donors (Lipinski definition) is 2. The number of fused-ring (bicyclic) bond motifs is 1. The Morgan fingerprint density at radius 3 is 2.80 bits per heavy atom. The second-order valence-electron chi connectivity index (χ2n) is 5.33. The molecule has 0 saturated heterocycles. The van der Waals surface area contributed by atoms with E-state index in [0.717, 1.165) is 5.56 Å². The monoisotopic (exact) mass is 337 g/mol. The lowest BCUT2D eigenvalue weighted by atomic mass is 10.1. The zero-order valence-electron chi connectivity index (χ0n) is 13.2. The molecule has 2 aromatic rings. The summed E-state index contributed by atoms with van der Waals surface area (Å²) in [7, 11) is 0. The highest BCUT2D eigenvalue weighted by Gasteiger charge is 2.16. The van der Waals surface area contributed by atoms with Crippen LogP contribution < -0.4 is 20.1 Å². The van der Waals surface area contributed by atoms with Crippen molar-refractivity contribution in [2.45, 2.75) is 13.0 Å². The predicted molar refractivity (Wildman–Crippen MR) is 89.0 cm³/mol. The van der Waals surface area contributed by atoms with Gasteiger partial charge in [0.15, 0.2) is 11.5 Å². The van der Waals surface area contributed by atoms with Gasteiger partial charge in [-0.05, 0) is 35.9 Å². The number of ether oxygens (including phenoxy) is 2. The summed E-state index contributed by atoms with van der Waals surface area (Å²) >= 11 is 0. The Hall–Kier alpha value is -3.53. The highest BCUT2D eigenvalue weighted by atomic mass is 16.7. The molecule has 2 aromatic carbocycles. The van der Waals surface area contributed by atoms with Crippen LogP contribution in [0, 0.1) is 11.3 Å². The number of anilines is 1. The minimum atomic E-state index is -0.371. The number of carbonyl (C=O) groups is 2. The van der Waals surface area contributed by atoms with Gasteiger partial charge in [0.2, 0.25) is 12.7 Å². The van der Waals surface area contributed by atoms with Crippen LogP contribution in [0.5, 0.6) is 11.5 Å². The quantitative estimate of drug-likeness (QED) is 0.871. The maximum Gasteiger partial charge on any atom is 0.251 e. The highest BCUT2D eigenvalue weighted by Crippen LogP contribution is 2.32. The van der Waals surface area contributed by atoms with Crippen molar-refractivity contribution in [3.05, 3.63) is 53.6 Å². The summed E-state index contributed by atoms with van der Waals surface area (Å²) in [5.41, 5.74) is 1.88. The number of nitriles is 1. The van der Waals surface area contributed by atoms with Crippen LogP contribution in [0.25, 0.3) is 0 Å². The van der Waals surface area contributed by atoms with Gasteiger partial charge in [0.25, 0.3) is 5.91 Å². The number of amides is 2. The Labute approximate surface area is 144 Å². The third-order valence-electron chi connectivity index (χ3n) is 3.54. The van der Waals surface area contributed by atoms with E-state index in [1.165, 1.54) is 0 Å². The van der Waals surface area contributed by atoms with E-state index >= 15 is 0 Å². The van der Waals surface area contributed by atoms with Crippen LogP contribution in [0.2, 0.25) is 0 Å². The third kappa shape index (κ3) is 4.06. The molecule has 2 amide bonds. The van der Waals surface area contributed by atoms with Gasteiger partial charge < -0.3 is 20.1 Å². The van der Waals surface area contributed by atoms with Crippen molar-refractivity contribution in [2.24, 2.45) is 0 Å². The number of nitrogens with zero attached hydrogens (tertiary/aromatic N) is 1. The molecular formula is C18H15N3O4. The fraction of sp³-hybridized carbons (Fsp3) is 0.167. The van der Waals surface area contributed by atoms with Gasteiger partial charge in [0, 0.05) is 17.8 Å². The van der Waals surface area contributed by atoms with Crippen LogP contribution in [0.1, 0.15) is 22.3 Å². The molecule has 0 fully saturated rings. The van der Waals surface area contributed by atoms with Crippen molar-refractivity contribution in [3.63, 3.8) is 0 Å². The summed E-state index contributed by atoms with van der Waals surface area (Å²) in [5.74, 6) is 0.563. The number of carbonyl (C=O) groups excluding carboxylic acids is 2. The maximum absolute atomic E-state index is 12.3. The number of benzene rings is 2. The Kier molecular flexibility index (Phi) is 4.81. The Morgan fingerprint density at radius 2 is 1.96 bits per heavy atom. The van der Waals surface area contributed by atoms with Crippen LogP contribution in [0.3, 0.4) is 0 Å². The van der Waals surface area contributed by atoms with Gasteiger partial charge in [-0.2, -0.15) is 5.26 Å². The van der Waals surface area contributed by atoms with E-state index in [2.05, 4.69) is 10.6 Å². The minimum absolute atomic E-state index is 0.157. The molecule has 0 unspecified atom stereocenters. The molecule has 3 rings (SSSR count). The van der Waals surface area contributed by atoms with Crippen molar-refractivity contribution < 1.29 is 19.1 Å². The first-order valence-electron chi connectivity index (χ1n) is 7.59. The summed E-state index contributed by atoms with van der Waals surface area (Å²) in [5, 5.41) is 13.9. The maximum atomic E-state index is 12.3.